The Kier molecular flexibility index (Phi) is 5.63. The van der Waals surface area contributed by atoms with Crippen LogP contribution in [-0.4, -0.2) is 66.1 Å². The highest BCUT2D eigenvalue weighted by molar-refractivity contribution is 5.84. The van der Waals surface area contributed by atoms with E-state index in [-0.39, 0.29) is 5.91 Å². The molecule has 122 valence electrons. The van der Waals surface area contributed by atoms with Crippen LogP contribution in [0.5, 0.6) is 0 Å². The van der Waals surface area contributed by atoms with Crippen molar-refractivity contribution < 1.29 is 4.79 Å². The fraction of sp³-hybridized carbons (Fsp3) is 0.938. The van der Waals surface area contributed by atoms with Crippen LogP contribution >= 0.6 is 0 Å². The molecule has 0 radical (unpaired) electrons. The van der Waals surface area contributed by atoms with Gasteiger partial charge >= 0.3 is 0 Å². The molecule has 1 aliphatic carbocycles. The molecule has 1 saturated carbocycles. The summed E-state index contributed by atoms with van der Waals surface area (Å²) in [5.41, 5.74) is 5.09. The molecule has 2 aliphatic rings. The molecule has 21 heavy (non-hydrogen) atoms. The zero-order chi connectivity index (χ0) is 15.5. The Labute approximate surface area is 129 Å². The van der Waals surface area contributed by atoms with Crippen LogP contribution in [0.2, 0.25) is 0 Å². The van der Waals surface area contributed by atoms with Crippen LogP contribution in [0.4, 0.5) is 0 Å². The summed E-state index contributed by atoms with van der Waals surface area (Å²) in [5.74, 6) is -0.217. The fourth-order valence-corrected chi connectivity index (χ4v) is 3.37. The Morgan fingerprint density at radius 2 is 1.95 bits per heavy atom. The van der Waals surface area contributed by atoms with Crippen molar-refractivity contribution in [2.45, 2.75) is 64.1 Å². The maximum Gasteiger partial charge on any atom is 0.237 e. The van der Waals surface area contributed by atoms with E-state index in [0.29, 0.717) is 12.1 Å². The molecule has 5 heteroatoms. The van der Waals surface area contributed by atoms with E-state index in [4.69, 9.17) is 5.73 Å². The Morgan fingerprint density at radius 3 is 2.43 bits per heavy atom. The molecule has 0 aromatic heterocycles. The first kappa shape index (κ1) is 16.7. The van der Waals surface area contributed by atoms with E-state index in [2.05, 4.69) is 29.0 Å². The second-order valence-corrected chi connectivity index (χ2v) is 7.05. The number of primary amides is 1. The number of nitrogens with two attached hydrogens (primary N) is 1. The summed E-state index contributed by atoms with van der Waals surface area (Å²) in [5, 5.41) is 3.45. The van der Waals surface area contributed by atoms with Gasteiger partial charge in [0.05, 0.1) is 5.54 Å². The van der Waals surface area contributed by atoms with Gasteiger partial charge in [-0.3, -0.25) is 9.69 Å². The predicted octanol–water partition coefficient (Wildman–Crippen LogP) is 0.789. The zero-order valence-corrected chi connectivity index (χ0v) is 13.9. The van der Waals surface area contributed by atoms with Crippen molar-refractivity contribution in [3.8, 4) is 0 Å². The average molecular weight is 296 g/mol. The summed E-state index contributed by atoms with van der Waals surface area (Å²) >= 11 is 0. The molecule has 2 atom stereocenters. The maximum atomic E-state index is 11.9. The summed E-state index contributed by atoms with van der Waals surface area (Å²) in [4.78, 5) is 16.9. The quantitative estimate of drug-likeness (QED) is 0.695. The van der Waals surface area contributed by atoms with Crippen molar-refractivity contribution >= 4 is 5.91 Å². The lowest BCUT2D eigenvalue weighted by atomic mass is 9.91. The van der Waals surface area contributed by atoms with E-state index >= 15 is 0 Å². The molecule has 2 rings (SSSR count). The molecule has 0 aromatic rings. The molecule has 1 heterocycles. The molecule has 0 bridgehead atoms. The highest BCUT2D eigenvalue weighted by Gasteiger charge is 2.39. The van der Waals surface area contributed by atoms with Crippen molar-refractivity contribution in [1.82, 2.24) is 15.1 Å². The minimum absolute atomic E-state index is 0.217. The van der Waals surface area contributed by atoms with Crippen LogP contribution < -0.4 is 11.1 Å². The molecule has 0 spiro atoms. The number of nitrogens with zero attached hydrogens (tertiary/aromatic N) is 2. The molecule has 5 nitrogen and oxygen atoms in total. The molecule has 2 unspecified atom stereocenters. The lowest BCUT2D eigenvalue weighted by molar-refractivity contribution is -0.124. The summed E-state index contributed by atoms with van der Waals surface area (Å²) in [6, 6.07) is 0.883. The van der Waals surface area contributed by atoms with Gasteiger partial charge in [-0.2, -0.15) is 0 Å². The number of nitrogens with one attached hydrogen (secondary N) is 1. The minimum Gasteiger partial charge on any atom is -0.368 e. The first-order chi connectivity index (χ1) is 9.94. The maximum absolute atomic E-state index is 11.9. The Balaban J connectivity index is 1.84. The van der Waals surface area contributed by atoms with Gasteiger partial charge in [-0.25, -0.2) is 0 Å². The van der Waals surface area contributed by atoms with Crippen molar-refractivity contribution in [2.24, 2.45) is 5.73 Å². The van der Waals surface area contributed by atoms with Gasteiger partial charge in [0.25, 0.3) is 0 Å². The molecule has 0 aromatic carbocycles. The zero-order valence-electron chi connectivity index (χ0n) is 13.9. The van der Waals surface area contributed by atoms with Crippen LogP contribution in [0, 0.1) is 0 Å². The van der Waals surface area contributed by atoms with Gasteiger partial charge in [0.15, 0.2) is 0 Å². The topological polar surface area (TPSA) is 61.6 Å². The molecule has 1 amide bonds. The first-order valence-electron chi connectivity index (χ1n) is 8.48. The SMILES string of the molecule is CCCN1CCN(C(C)CC(C)(NC2CC2)C(N)=O)CC1. The lowest BCUT2D eigenvalue weighted by Gasteiger charge is -2.41. The Hall–Kier alpha value is -0.650. The van der Waals surface area contributed by atoms with Gasteiger partial charge in [0.1, 0.15) is 0 Å². The van der Waals surface area contributed by atoms with Gasteiger partial charge in [-0.1, -0.05) is 6.92 Å². The summed E-state index contributed by atoms with van der Waals surface area (Å²) in [6.07, 6.45) is 4.37. The van der Waals surface area contributed by atoms with Crippen LogP contribution in [-0.2, 0) is 4.79 Å². The standard InChI is InChI=1S/C16H32N4O/c1-4-7-19-8-10-20(11-9-19)13(2)12-16(3,15(17)21)18-14-5-6-14/h13-14,18H,4-12H2,1-3H3,(H2,17,21). The molecule has 1 aliphatic heterocycles. The summed E-state index contributed by atoms with van der Waals surface area (Å²) < 4.78 is 0. The van der Waals surface area contributed by atoms with Crippen LogP contribution in [0.3, 0.4) is 0 Å². The second-order valence-electron chi connectivity index (χ2n) is 7.05. The number of carbonyl (C=O) groups excluding carboxylic acids is 1. The van der Waals surface area contributed by atoms with Crippen LogP contribution in [0.25, 0.3) is 0 Å². The van der Waals surface area contributed by atoms with E-state index < -0.39 is 5.54 Å². The largest absolute Gasteiger partial charge is 0.368 e. The third-order valence-corrected chi connectivity index (χ3v) is 4.92. The smallest absolute Gasteiger partial charge is 0.237 e. The fourth-order valence-electron chi connectivity index (χ4n) is 3.37. The minimum atomic E-state index is -0.568. The molecular weight excluding hydrogens is 264 g/mol. The van der Waals surface area contributed by atoms with Crippen molar-refractivity contribution in [3.63, 3.8) is 0 Å². The van der Waals surface area contributed by atoms with Crippen molar-refractivity contribution in [2.75, 3.05) is 32.7 Å². The second kappa shape index (κ2) is 7.07. The van der Waals surface area contributed by atoms with E-state index in [1.165, 1.54) is 25.8 Å². The number of piperazine rings is 1. The van der Waals surface area contributed by atoms with Crippen molar-refractivity contribution in [1.29, 1.82) is 0 Å². The molecule has 2 fully saturated rings. The number of rotatable bonds is 8. The van der Waals surface area contributed by atoms with E-state index in [0.717, 1.165) is 32.6 Å². The van der Waals surface area contributed by atoms with Crippen LogP contribution in [0.1, 0.15) is 46.5 Å². The first-order valence-corrected chi connectivity index (χ1v) is 8.48. The number of carbonyl (C=O) groups is 1. The lowest BCUT2D eigenvalue weighted by Crippen LogP contribution is -2.58. The third kappa shape index (κ3) is 4.66. The highest BCUT2D eigenvalue weighted by atomic mass is 16.1. The molecular formula is C16H32N4O. The van der Waals surface area contributed by atoms with E-state index in [1.54, 1.807) is 0 Å². The molecule has 3 N–H and O–H groups in total. The highest BCUT2D eigenvalue weighted by Crippen LogP contribution is 2.26. The van der Waals surface area contributed by atoms with E-state index in [9.17, 15) is 4.79 Å². The van der Waals surface area contributed by atoms with Crippen molar-refractivity contribution in [3.05, 3.63) is 0 Å². The number of hydrogen-bond donors (Lipinski definition) is 2. The average Bonchev–Trinajstić information content (AvgIpc) is 3.23. The number of amides is 1. The Morgan fingerprint density at radius 1 is 1.33 bits per heavy atom. The van der Waals surface area contributed by atoms with Crippen LogP contribution in [0.15, 0.2) is 0 Å². The van der Waals surface area contributed by atoms with Gasteiger partial charge in [0.2, 0.25) is 5.91 Å². The summed E-state index contributed by atoms with van der Waals surface area (Å²) in [6.45, 7) is 12.1. The summed E-state index contributed by atoms with van der Waals surface area (Å²) in [7, 11) is 0. The van der Waals surface area contributed by atoms with Gasteiger partial charge in [0, 0.05) is 38.3 Å². The number of hydrogen-bond acceptors (Lipinski definition) is 4. The Bertz CT molecular complexity index is 350. The van der Waals surface area contributed by atoms with Gasteiger partial charge in [-0.05, 0) is 46.1 Å². The normalized spacial score (nSPS) is 25.5. The monoisotopic (exact) mass is 296 g/mol. The van der Waals surface area contributed by atoms with Gasteiger partial charge in [-0.15, -0.1) is 0 Å². The predicted molar refractivity (Wildman–Crippen MR) is 86.1 cm³/mol. The van der Waals surface area contributed by atoms with Gasteiger partial charge < -0.3 is 16.0 Å². The van der Waals surface area contributed by atoms with E-state index in [1.807, 2.05) is 6.92 Å². The third-order valence-electron chi connectivity index (χ3n) is 4.92. The molecule has 1 saturated heterocycles.